The van der Waals surface area contributed by atoms with Gasteiger partial charge in [-0.05, 0) is 17.5 Å². The molecule has 68 valence electrons. The maximum Gasteiger partial charge on any atom is 0.0750 e. The molecule has 0 aliphatic rings. The molecule has 1 rings (SSSR count). The zero-order chi connectivity index (χ0) is 9.84. The van der Waals surface area contributed by atoms with Crippen LogP contribution in [-0.4, -0.2) is 0 Å². The first-order valence-corrected chi connectivity index (χ1v) is 4.68. The predicted octanol–water partition coefficient (Wildman–Crippen LogP) is 3.60. The van der Waals surface area contributed by atoms with Gasteiger partial charge >= 0.3 is 0 Å². The fraction of sp³-hybridized carbons (Fsp3) is 0.364. The van der Waals surface area contributed by atoms with Crippen LogP contribution in [-0.2, 0) is 0 Å². The van der Waals surface area contributed by atoms with E-state index in [4.69, 9.17) is 16.9 Å². The summed E-state index contributed by atoms with van der Waals surface area (Å²) in [5, 5.41) is 9.65. The summed E-state index contributed by atoms with van der Waals surface area (Å²) < 4.78 is 0. The number of nitriles is 1. The minimum Gasteiger partial charge on any atom is -0.198 e. The van der Waals surface area contributed by atoms with Crippen LogP contribution in [0, 0.1) is 17.2 Å². The van der Waals surface area contributed by atoms with Gasteiger partial charge in [0.1, 0.15) is 0 Å². The minimum atomic E-state index is -0.103. The average molecular weight is 194 g/mol. The van der Waals surface area contributed by atoms with Crippen molar-refractivity contribution in [1.29, 1.82) is 5.26 Å². The third-order valence-corrected chi connectivity index (χ3v) is 2.39. The van der Waals surface area contributed by atoms with Crippen LogP contribution >= 0.6 is 11.6 Å². The first-order chi connectivity index (χ1) is 6.16. The molecule has 0 radical (unpaired) electrons. The van der Waals surface area contributed by atoms with Crippen molar-refractivity contribution in [2.45, 2.75) is 19.8 Å². The number of rotatable bonds is 2. The van der Waals surface area contributed by atoms with Crippen LogP contribution in [0.4, 0.5) is 0 Å². The van der Waals surface area contributed by atoms with Crippen molar-refractivity contribution in [2.24, 2.45) is 5.92 Å². The fourth-order valence-corrected chi connectivity index (χ4v) is 1.56. The quantitative estimate of drug-likeness (QED) is 0.704. The van der Waals surface area contributed by atoms with Crippen molar-refractivity contribution in [3.8, 4) is 6.07 Å². The Morgan fingerprint density at radius 1 is 1.31 bits per heavy atom. The third kappa shape index (κ3) is 2.23. The summed E-state index contributed by atoms with van der Waals surface area (Å²) in [6.45, 7) is 4.05. The molecule has 0 bridgehead atoms. The highest BCUT2D eigenvalue weighted by Gasteiger charge is 2.16. The van der Waals surface area contributed by atoms with E-state index in [0.29, 0.717) is 10.9 Å². The van der Waals surface area contributed by atoms with Crippen LogP contribution in [0.15, 0.2) is 24.3 Å². The number of hydrogen-bond donors (Lipinski definition) is 0. The topological polar surface area (TPSA) is 23.8 Å². The van der Waals surface area contributed by atoms with Crippen LogP contribution in [0.2, 0.25) is 5.02 Å². The van der Waals surface area contributed by atoms with Crippen LogP contribution in [0.1, 0.15) is 25.3 Å². The monoisotopic (exact) mass is 193 g/mol. The van der Waals surface area contributed by atoms with E-state index in [1.54, 1.807) is 0 Å². The van der Waals surface area contributed by atoms with Crippen molar-refractivity contribution < 1.29 is 0 Å². The Labute approximate surface area is 84.0 Å². The van der Waals surface area contributed by atoms with E-state index in [1.165, 1.54) is 0 Å². The molecule has 2 heteroatoms. The molecule has 1 unspecified atom stereocenters. The smallest absolute Gasteiger partial charge is 0.0750 e. The molecule has 0 aliphatic carbocycles. The molecule has 0 saturated heterocycles. The van der Waals surface area contributed by atoms with Gasteiger partial charge in [-0.2, -0.15) is 5.26 Å². The van der Waals surface area contributed by atoms with Gasteiger partial charge in [0.25, 0.3) is 0 Å². The maximum atomic E-state index is 8.97. The molecule has 0 N–H and O–H groups in total. The number of hydrogen-bond acceptors (Lipinski definition) is 1. The van der Waals surface area contributed by atoms with Gasteiger partial charge < -0.3 is 0 Å². The van der Waals surface area contributed by atoms with Gasteiger partial charge in [-0.15, -0.1) is 0 Å². The van der Waals surface area contributed by atoms with E-state index in [0.717, 1.165) is 5.56 Å². The average Bonchev–Trinajstić information content (AvgIpc) is 2.09. The van der Waals surface area contributed by atoms with Gasteiger partial charge in [-0.25, -0.2) is 0 Å². The van der Waals surface area contributed by atoms with Crippen LogP contribution in [0.25, 0.3) is 0 Å². The van der Waals surface area contributed by atoms with E-state index in [2.05, 4.69) is 6.07 Å². The third-order valence-electron chi connectivity index (χ3n) is 2.05. The van der Waals surface area contributed by atoms with Gasteiger partial charge in [-0.3, -0.25) is 0 Å². The largest absolute Gasteiger partial charge is 0.198 e. The lowest BCUT2D eigenvalue weighted by molar-refractivity contribution is 0.587. The predicted molar refractivity (Wildman–Crippen MR) is 54.6 cm³/mol. The Morgan fingerprint density at radius 3 is 2.38 bits per heavy atom. The van der Waals surface area contributed by atoms with Gasteiger partial charge in [0, 0.05) is 5.02 Å². The van der Waals surface area contributed by atoms with Crippen LogP contribution < -0.4 is 0 Å². The summed E-state index contributed by atoms with van der Waals surface area (Å²) in [5.41, 5.74) is 0.932. The summed E-state index contributed by atoms with van der Waals surface area (Å²) >= 11 is 5.99. The van der Waals surface area contributed by atoms with E-state index in [1.807, 2.05) is 38.1 Å². The summed E-state index contributed by atoms with van der Waals surface area (Å²) in [6, 6.07) is 9.80. The lowest BCUT2D eigenvalue weighted by Crippen LogP contribution is -2.04. The van der Waals surface area contributed by atoms with Gasteiger partial charge in [0.15, 0.2) is 0 Å². The number of benzene rings is 1. The second-order valence-electron chi connectivity index (χ2n) is 3.37. The van der Waals surface area contributed by atoms with Crippen molar-refractivity contribution in [3.05, 3.63) is 34.9 Å². The molecule has 0 heterocycles. The number of nitrogens with zero attached hydrogens (tertiary/aromatic N) is 1. The molecule has 1 aromatic carbocycles. The zero-order valence-electron chi connectivity index (χ0n) is 7.79. The normalized spacial score (nSPS) is 12.5. The molecule has 0 aromatic heterocycles. The highest BCUT2D eigenvalue weighted by atomic mass is 35.5. The summed E-state index contributed by atoms with van der Waals surface area (Å²) in [7, 11) is 0. The SMILES string of the molecule is CC(C)C(C#N)c1ccccc1Cl. The van der Waals surface area contributed by atoms with Crippen LogP contribution in [0.3, 0.4) is 0 Å². The summed E-state index contributed by atoms with van der Waals surface area (Å²) in [5.74, 6) is 0.193. The van der Waals surface area contributed by atoms with E-state index in [-0.39, 0.29) is 5.92 Å². The summed E-state index contributed by atoms with van der Waals surface area (Å²) in [6.07, 6.45) is 0. The van der Waals surface area contributed by atoms with Gasteiger partial charge in [0.2, 0.25) is 0 Å². The second kappa shape index (κ2) is 4.30. The molecule has 1 atom stereocenters. The Morgan fingerprint density at radius 2 is 1.92 bits per heavy atom. The van der Waals surface area contributed by atoms with Crippen molar-refractivity contribution in [3.63, 3.8) is 0 Å². The Hall–Kier alpha value is -1.00. The van der Waals surface area contributed by atoms with Crippen molar-refractivity contribution >= 4 is 11.6 Å². The Kier molecular flexibility index (Phi) is 3.33. The van der Waals surface area contributed by atoms with E-state index in [9.17, 15) is 0 Å². The van der Waals surface area contributed by atoms with E-state index >= 15 is 0 Å². The van der Waals surface area contributed by atoms with Crippen molar-refractivity contribution in [2.75, 3.05) is 0 Å². The molecule has 1 aromatic rings. The molecular weight excluding hydrogens is 182 g/mol. The maximum absolute atomic E-state index is 8.97. The lowest BCUT2D eigenvalue weighted by Gasteiger charge is -2.14. The highest BCUT2D eigenvalue weighted by Crippen LogP contribution is 2.29. The molecule has 13 heavy (non-hydrogen) atoms. The second-order valence-corrected chi connectivity index (χ2v) is 3.78. The van der Waals surface area contributed by atoms with Crippen LogP contribution in [0.5, 0.6) is 0 Å². The van der Waals surface area contributed by atoms with Gasteiger partial charge in [0.05, 0.1) is 12.0 Å². The van der Waals surface area contributed by atoms with Crippen molar-refractivity contribution in [1.82, 2.24) is 0 Å². The molecule has 0 amide bonds. The molecular formula is C11H12ClN. The summed E-state index contributed by atoms with van der Waals surface area (Å²) in [4.78, 5) is 0. The molecule has 0 aliphatic heterocycles. The van der Waals surface area contributed by atoms with E-state index < -0.39 is 0 Å². The molecule has 0 fully saturated rings. The zero-order valence-corrected chi connectivity index (χ0v) is 8.55. The standard InChI is InChI=1S/C11H12ClN/c1-8(2)10(7-13)9-5-3-4-6-11(9)12/h3-6,8,10H,1-2H3. The highest BCUT2D eigenvalue weighted by molar-refractivity contribution is 6.31. The molecule has 0 spiro atoms. The first-order valence-electron chi connectivity index (χ1n) is 4.31. The van der Waals surface area contributed by atoms with Gasteiger partial charge in [-0.1, -0.05) is 43.6 Å². The Bertz CT molecular complexity index is 325. The molecule has 0 saturated carbocycles. The fourth-order valence-electron chi connectivity index (χ4n) is 1.31. The Balaban J connectivity index is 3.07. The first kappa shape index (κ1) is 10.1. The number of halogens is 1. The molecule has 1 nitrogen and oxygen atoms in total. The minimum absolute atomic E-state index is 0.103. The lowest BCUT2D eigenvalue weighted by atomic mass is 9.90.